The van der Waals surface area contributed by atoms with Crippen LogP contribution in [-0.2, 0) is 9.59 Å². The minimum Gasteiger partial charge on any atom is -0.497 e. The second kappa shape index (κ2) is 9.50. The highest BCUT2D eigenvalue weighted by Gasteiger charge is 2.25. The van der Waals surface area contributed by atoms with Gasteiger partial charge in [0.1, 0.15) is 17.4 Å². The molecule has 0 bridgehead atoms. The molecule has 2 aromatic rings. The molecule has 2 aromatic carbocycles. The molecular formula is C20H23NO7. The van der Waals surface area contributed by atoms with E-state index in [4.69, 9.17) is 18.9 Å². The first-order valence-electron chi connectivity index (χ1n) is 8.55. The maximum absolute atomic E-state index is 12.3. The normalized spacial score (nSPS) is 11.3. The third-order valence-electron chi connectivity index (χ3n) is 4.06. The molecule has 0 saturated carbocycles. The van der Waals surface area contributed by atoms with Crippen LogP contribution in [0.2, 0.25) is 0 Å². The molecule has 1 amide bonds. The van der Waals surface area contributed by atoms with E-state index in [1.165, 1.54) is 21.3 Å². The van der Waals surface area contributed by atoms with E-state index >= 15 is 0 Å². The van der Waals surface area contributed by atoms with Gasteiger partial charge in [-0.3, -0.25) is 9.59 Å². The van der Waals surface area contributed by atoms with Gasteiger partial charge in [-0.25, -0.2) is 0 Å². The van der Waals surface area contributed by atoms with Crippen LogP contribution in [0.1, 0.15) is 13.3 Å². The molecule has 8 nitrogen and oxygen atoms in total. The molecule has 1 atom stereocenters. The lowest BCUT2D eigenvalue weighted by Crippen LogP contribution is -2.29. The molecule has 8 heteroatoms. The molecule has 28 heavy (non-hydrogen) atoms. The summed E-state index contributed by atoms with van der Waals surface area (Å²) in [6.45, 7) is 1.63. The topological polar surface area (TPSA) is 103 Å². The number of carbonyl (C=O) groups excluding carboxylic acids is 1. The lowest BCUT2D eigenvalue weighted by Gasteiger charge is -2.17. The van der Waals surface area contributed by atoms with Crippen molar-refractivity contribution in [2.45, 2.75) is 13.3 Å². The van der Waals surface area contributed by atoms with Crippen molar-refractivity contribution in [1.82, 2.24) is 0 Å². The summed E-state index contributed by atoms with van der Waals surface area (Å²) >= 11 is 0. The highest BCUT2D eigenvalue weighted by Crippen LogP contribution is 2.39. The van der Waals surface area contributed by atoms with E-state index in [0.29, 0.717) is 28.7 Å². The van der Waals surface area contributed by atoms with Crippen LogP contribution in [-0.4, -0.2) is 38.3 Å². The number of benzene rings is 2. The van der Waals surface area contributed by atoms with E-state index in [1.54, 1.807) is 43.3 Å². The molecule has 0 radical (unpaired) electrons. The molecule has 0 saturated heterocycles. The smallest absolute Gasteiger partial charge is 0.316 e. The Balaban J connectivity index is 2.40. The van der Waals surface area contributed by atoms with Crippen molar-refractivity contribution < 1.29 is 33.6 Å². The Morgan fingerprint density at radius 3 is 2.07 bits per heavy atom. The Labute approximate surface area is 163 Å². The number of anilines is 1. The second-order valence-corrected chi connectivity index (χ2v) is 5.77. The maximum Gasteiger partial charge on any atom is 0.316 e. The first-order chi connectivity index (χ1) is 13.4. The van der Waals surface area contributed by atoms with Crippen LogP contribution in [0.4, 0.5) is 5.69 Å². The zero-order chi connectivity index (χ0) is 20.7. The number of hydrogen-bond donors (Lipinski definition) is 2. The van der Waals surface area contributed by atoms with Gasteiger partial charge in [-0.2, -0.15) is 0 Å². The standard InChI is InChI=1S/C20H23NO7/c1-5-14(20(23)24)19(22)21-15-8-6-12(25-2)10-17(15)28-18-11-13(26-3)7-9-16(18)27-4/h6-11,14H,5H2,1-4H3,(H,21,22)(H,23,24). The van der Waals surface area contributed by atoms with E-state index in [0.717, 1.165) is 0 Å². The van der Waals surface area contributed by atoms with Gasteiger partial charge in [0.2, 0.25) is 5.91 Å². The zero-order valence-corrected chi connectivity index (χ0v) is 16.1. The van der Waals surface area contributed by atoms with Gasteiger partial charge in [0.15, 0.2) is 17.2 Å². The van der Waals surface area contributed by atoms with E-state index < -0.39 is 17.8 Å². The number of carbonyl (C=O) groups is 2. The molecule has 0 aliphatic heterocycles. The summed E-state index contributed by atoms with van der Waals surface area (Å²) in [7, 11) is 4.53. The predicted molar refractivity (Wildman–Crippen MR) is 103 cm³/mol. The van der Waals surface area contributed by atoms with Gasteiger partial charge >= 0.3 is 5.97 Å². The fourth-order valence-corrected chi connectivity index (χ4v) is 2.49. The lowest BCUT2D eigenvalue weighted by molar-refractivity contribution is -0.145. The summed E-state index contributed by atoms with van der Waals surface area (Å²) in [5, 5.41) is 11.8. The maximum atomic E-state index is 12.3. The van der Waals surface area contributed by atoms with Gasteiger partial charge < -0.3 is 29.4 Å². The average molecular weight is 389 g/mol. The summed E-state index contributed by atoms with van der Waals surface area (Å²) in [5.74, 6) is -0.857. The minimum absolute atomic E-state index is 0.164. The molecule has 0 spiro atoms. The van der Waals surface area contributed by atoms with Crippen molar-refractivity contribution in [1.29, 1.82) is 0 Å². The number of rotatable bonds is 9. The first kappa shape index (κ1) is 20.9. The van der Waals surface area contributed by atoms with Crippen LogP contribution in [0.15, 0.2) is 36.4 Å². The molecule has 0 heterocycles. The Morgan fingerprint density at radius 2 is 1.54 bits per heavy atom. The van der Waals surface area contributed by atoms with E-state index in [-0.39, 0.29) is 12.2 Å². The van der Waals surface area contributed by atoms with E-state index in [2.05, 4.69) is 5.32 Å². The number of methoxy groups -OCH3 is 3. The number of aliphatic carboxylic acids is 1. The number of nitrogens with one attached hydrogen (secondary N) is 1. The van der Waals surface area contributed by atoms with Gasteiger partial charge in [-0.15, -0.1) is 0 Å². The van der Waals surface area contributed by atoms with Gasteiger partial charge in [0.05, 0.1) is 27.0 Å². The van der Waals surface area contributed by atoms with Crippen molar-refractivity contribution in [3.63, 3.8) is 0 Å². The largest absolute Gasteiger partial charge is 0.497 e. The summed E-state index contributed by atoms with van der Waals surface area (Å²) in [6, 6.07) is 9.83. The Morgan fingerprint density at radius 1 is 0.929 bits per heavy atom. The summed E-state index contributed by atoms with van der Waals surface area (Å²) in [4.78, 5) is 23.6. The molecule has 150 valence electrons. The first-order valence-corrected chi connectivity index (χ1v) is 8.55. The van der Waals surface area contributed by atoms with Crippen molar-refractivity contribution in [2.75, 3.05) is 26.6 Å². The third kappa shape index (κ3) is 4.85. The zero-order valence-electron chi connectivity index (χ0n) is 16.1. The lowest BCUT2D eigenvalue weighted by atomic mass is 10.1. The van der Waals surface area contributed by atoms with Gasteiger partial charge in [0, 0.05) is 12.1 Å². The van der Waals surface area contributed by atoms with Crippen LogP contribution >= 0.6 is 0 Å². The summed E-state index contributed by atoms with van der Waals surface area (Å²) in [5.41, 5.74) is 0.301. The van der Waals surface area contributed by atoms with Gasteiger partial charge in [-0.05, 0) is 30.7 Å². The number of hydrogen-bond acceptors (Lipinski definition) is 6. The number of ether oxygens (including phenoxy) is 4. The van der Waals surface area contributed by atoms with Gasteiger partial charge in [-0.1, -0.05) is 6.92 Å². The summed E-state index contributed by atoms with van der Waals surface area (Å²) < 4.78 is 21.7. The van der Waals surface area contributed by atoms with Gasteiger partial charge in [0.25, 0.3) is 0 Å². The van der Waals surface area contributed by atoms with Crippen molar-refractivity contribution in [3.8, 4) is 28.7 Å². The molecule has 2 rings (SSSR count). The SMILES string of the molecule is CCC(C(=O)O)C(=O)Nc1ccc(OC)cc1Oc1cc(OC)ccc1OC. The van der Waals surface area contributed by atoms with Crippen molar-refractivity contribution in [2.24, 2.45) is 5.92 Å². The highest BCUT2D eigenvalue weighted by atomic mass is 16.5. The van der Waals surface area contributed by atoms with Crippen LogP contribution < -0.4 is 24.3 Å². The van der Waals surface area contributed by atoms with Crippen LogP contribution in [0.25, 0.3) is 0 Å². The Hall–Kier alpha value is -3.42. The fraction of sp³-hybridized carbons (Fsp3) is 0.300. The molecular weight excluding hydrogens is 366 g/mol. The van der Waals surface area contributed by atoms with E-state index in [1.807, 2.05) is 0 Å². The Kier molecular flexibility index (Phi) is 7.08. The quantitative estimate of drug-likeness (QED) is 0.632. The third-order valence-corrected chi connectivity index (χ3v) is 4.06. The highest BCUT2D eigenvalue weighted by molar-refractivity contribution is 6.04. The minimum atomic E-state index is -1.19. The molecule has 0 fully saturated rings. The molecule has 1 unspecified atom stereocenters. The molecule has 0 aromatic heterocycles. The number of amides is 1. The molecule has 2 N–H and O–H groups in total. The van der Waals surface area contributed by atoms with Crippen molar-refractivity contribution in [3.05, 3.63) is 36.4 Å². The van der Waals surface area contributed by atoms with Crippen LogP contribution in [0.5, 0.6) is 28.7 Å². The molecule has 0 aliphatic carbocycles. The second-order valence-electron chi connectivity index (χ2n) is 5.77. The van der Waals surface area contributed by atoms with Crippen LogP contribution in [0, 0.1) is 5.92 Å². The fourth-order valence-electron chi connectivity index (χ4n) is 2.49. The molecule has 0 aliphatic rings. The monoisotopic (exact) mass is 389 g/mol. The van der Waals surface area contributed by atoms with Crippen LogP contribution in [0.3, 0.4) is 0 Å². The summed E-state index contributed by atoms with van der Waals surface area (Å²) in [6.07, 6.45) is 0.164. The number of carboxylic acids is 1. The Bertz CT molecular complexity index is 850. The number of carboxylic acid groups (broad SMARTS) is 1. The van der Waals surface area contributed by atoms with E-state index in [9.17, 15) is 14.7 Å². The predicted octanol–water partition coefficient (Wildman–Crippen LogP) is 3.55. The van der Waals surface area contributed by atoms with Crippen molar-refractivity contribution >= 4 is 17.6 Å². The average Bonchev–Trinajstić information content (AvgIpc) is 2.69.